The zero-order valence-electron chi connectivity index (χ0n) is 11.9. The summed E-state index contributed by atoms with van der Waals surface area (Å²) >= 11 is 0. The highest BCUT2D eigenvalue weighted by Gasteiger charge is 2.34. The minimum absolute atomic E-state index is 0. The summed E-state index contributed by atoms with van der Waals surface area (Å²) in [6, 6.07) is 2.90. The Bertz CT molecular complexity index is 603. The lowest BCUT2D eigenvalue weighted by Gasteiger charge is -2.07. The number of hydrogen-bond acceptors (Lipinski definition) is 3. The van der Waals surface area contributed by atoms with Gasteiger partial charge in [-0.05, 0) is 19.9 Å². The second kappa shape index (κ2) is 6.38. The first-order chi connectivity index (χ1) is 9.31. The topological polar surface area (TPSA) is 47.7 Å². The highest BCUT2D eigenvalue weighted by atomic mass is 35.5. The zero-order valence-corrected chi connectivity index (χ0v) is 12.7. The van der Waals surface area contributed by atoms with E-state index in [9.17, 15) is 13.2 Å². The predicted octanol–water partition coefficient (Wildman–Crippen LogP) is 3.00. The molecule has 0 unspecified atom stereocenters. The van der Waals surface area contributed by atoms with Crippen LogP contribution in [0.15, 0.2) is 12.1 Å². The van der Waals surface area contributed by atoms with E-state index in [1.165, 1.54) is 11.7 Å². The molecule has 0 aliphatic rings. The number of hydrogen-bond donors (Lipinski definition) is 1. The first-order valence-corrected chi connectivity index (χ1v) is 6.19. The summed E-state index contributed by atoms with van der Waals surface area (Å²) in [5, 5.41) is 10.8. The minimum atomic E-state index is -4.42. The van der Waals surface area contributed by atoms with E-state index in [2.05, 4.69) is 15.5 Å². The molecule has 0 fully saturated rings. The van der Waals surface area contributed by atoms with Crippen molar-refractivity contribution in [2.75, 3.05) is 5.32 Å². The van der Waals surface area contributed by atoms with Crippen LogP contribution in [0.5, 0.6) is 0 Å². The van der Waals surface area contributed by atoms with Gasteiger partial charge >= 0.3 is 6.18 Å². The number of alkyl halides is 3. The lowest BCUT2D eigenvalue weighted by Crippen LogP contribution is -2.09. The number of aromatic nitrogens is 4. The molecule has 2 heterocycles. The van der Waals surface area contributed by atoms with Crippen molar-refractivity contribution in [3.63, 3.8) is 0 Å². The summed E-state index contributed by atoms with van der Waals surface area (Å²) in [4.78, 5) is 0. The molecular formula is C12H17ClF3N5. The van der Waals surface area contributed by atoms with Crippen molar-refractivity contribution in [3.8, 4) is 0 Å². The Labute approximate surface area is 126 Å². The Hall–Kier alpha value is -1.70. The average Bonchev–Trinajstić information content (AvgIpc) is 2.89. The molecule has 1 N–H and O–H groups in total. The van der Waals surface area contributed by atoms with Gasteiger partial charge < -0.3 is 5.32 Å². The van der Waals surface area contributed by atoms with Crippen LogP contribution in [0.3, 0.4) is 0 Å². The number of nitrogens with one attached hydrogen (secondary N) is 1. The monoisotopic (exact) mass is 323 g/mol. The van der Waals surface area contributed by atoms with Crippen LogP contribution in [0.2, 0.25) is 0 Å². The van der Waals surface area contributed by atoms with Crippen molar-refractivity contribution in [1.29, 1.82) is 0 Å². The van der Waals surface area contributed by atoms with Crippen LogP contribution in [0, 0.1) is 6.92 Å². The molecule has 0 bridgehead atoms. The Morgan fingerprint density at radius 2 is 1.90 bits per heavy atom. The Balaban J connectivity index is 0.00000220. The average molecular weight is 324 g/mol. The minimum Gasteiger partial charge on any atom is -0.365 e. The molecule has 0 aliphatic carbocycles. The van der Waals surface area contributed by atoms with Crippen molar-refractivity contribution in [3.05, 3.63) is 29.2 Å². The smallest absolute Gasteiger partial charge is 0.365 e. The number of nitrogens with zero attached hydrogens (tertiary/aromatic N) is 4. The Morgan fingerprint density at radius 3 is 2.43 bits per heavy atom. The zero-order chi connectivity index (χ0) is 14.9. The van der Waals surface area contributed by atoms with E-state index in [0.29, 0.717) is 12.2 Å². The van der Waals surface area contributed by atoms with Gasteiger partial charge in [-0.2, -0.15) is 23.4 Å². The molecule has 2 aromatic rings. The molecule has 0 amide bonds. The van der Waals surface area contributed by atoms with Crippen molar-refractivity contribution < 1.29 is 13.2 Å². The van der Waals surface area contributed by atoms with Crippen molar-refractivity contribution in [2.24, 2.45) is 7.05 Å². The van der Waals surface area contributed by atoms with Crippen molar-refractivity contribution in [1.82, 2.24) is 19.6 Å². The van der Waals surface area contributed by atoms with E-state index < -0.39 is 11.9 Å². The third-order valence-electron chi connectivity index (χ3n) is 2.92. The summed E-state index contributed by atoms with van der Waals surface area (Å²) in [5.74, 6) is 0.778. The lowest BCUT2D eigenvalue weighted by molar-refractivity contribution is -0.141. The first-order valence-electron chi connectivity index (χ1n) is 6.19. The van der Waals surface area contributed by atoms with E-state index in [0.717, 1.165) is 17.6 Å². The fraction of sp³-hybridized carbons (Fsp3) is 0.500. The van der Waals surface area contributed by atoms with Gasteiger partial charge in [0.1, 0.15) is 5.82 Å². The largest absolute Gasteiger partial charge is 0.435 e. The molecule has 0 aromatic carbocycles. The normalized spacial score (nSPS) is 11.3. The van der Waals surface area contributed by atoms with E-state index in [1.807, 2.05) is 19.9 Å². The van der Waals surface area contributed by atoms with Crippen LogP contribution in [-0.4, -0.2) is 19.6 Å². The molecule has 0 atom stereocenters. The van der Waals surface area contributed by atoms with Crippen LogP contribution in [-0.2, 0) is 26.3 Å². The second-order valence-electron chi connectivity index (χ2n) is 4.48. The van der Waals surface area contributed by atoms with Gasteiger partial charge in [-0.25, -0.2) is 4.68 Å². The molecule has 2 rings (SSSR count). The van der Waals surface area contributed by atoms with Crippen LogP contribution in [0.4, 0.5) is 19.0 Å². The highest BCUT2D eigenvalue weighted by molar-refractivity contribution is 5.85. The molecule has 0 aliphatic heterocycles. The van der Waals surface area contributed by atoms with Crippen LogP contribution in [0.1, 0.15) is 24.0 Å². The summed E-state index contributed by atoms with van der Waals surface area (Å²) in [7, 11) is 1.49. The fourth-order valence-corrected chi connectivity index (χ4v) is 1.92. The molecule has 9 heteroatoms. The van der Waals surface area contributed by atoms with Gasteiger partial charge in [-0.3, -0.25) is 4.68 Å². The Morgan fingerprint density at radius 1 is 1.24 bits per heavy atom. The van der Waals surface area contributed by atoms with Crippen LogP contribution >= 0.6 is 12.4 Å². The SMILES string of the molecule is CCn1nc(C)cc1NCc1cc(C(F)(F)F)nn1C.Cl. The summed E-state index contributed by atoms with van der Waals surface area (Å²) < 4.78 is 40.7. The van der Waals surface area contributed by atoms with Gasteiger partial charge in [-0.1, -0.05) is 0 Å². The maximum Gasteiger partial charge on any atom is 0.435 e. The summed E-state index contributed by atoms with van der Waals surface area (Å²) in [6.07, 6.45) is -4.42. The van der Waals surface area contributed by atoms with Crippen molar-refractivity contribution >= 4 is 18.2 Å². The second-order valence-corrected chi connectivity index (χ2v) is 4.48. The molecule has 5 nitrogen and oxygen atoms in total. The predicted molar refractivity (Wildman–Crippen MR) is 75.4 cm³/mol. The number of aryl methyl sites for hydroxylation is 3. The van der Waals surface area contributed by atoms with Crippen LogP contribution in [0.25, 0.3) is 0 Å². The quantitative estimate of drug-likeness (QED) is 0.941. The van der Waals surface area contributed by atoms with E-state index >= 15 is 0 Å². The van der Waals surface area contributed by atoms with Crippen LogP contribution < -0.4 is 5.32 Å². The molecule has 21 heavy (non-hydrogen) atoms. The number of anilines is 1. The maximum atomic E-state index is 12.6. The highest BCUT2D eigenvalue weighted by Crippen LogP contribution is 2.28. The maximum absolute atomic E-state index is 12.6. The molecule has 0 spiro atoms. The molecule has 118 valence electrons. The third kappa shape index (κ3) is 3.90. The number of rotatable bonds is 4. The molecule has 0 saturated carbocycles. The summed E-state index contributed by atoms with van der Waals surface area (Å²) in [6.45, 7) is 4.76. The van der Waals surface area contributed by atoms with E-state index in [4.69, 9.17) is 0 Å². The molecule has 0 saturated heterocycles. The fourth-order valence-electron chi connectivity index (χ4n) is 1.92. The molecule has 0 radical (unpaired) electrons. The van der Waals surface area contributed by atoms with E-state index in [-0.39, 0.29) is 19.0 Å². The van der Waals surface area contributed by atoms with Gasteiger partial charge in [0.05, 0.1) is 17.9 Å². The van der Waals surface area contributed by atoms with Gasteiger partial charge in [0.25, 0.3) is 0 Å². The van der Waals surface area contributed by atoms with Gasteiger partial charge in [-0.15, -0.1) is 12.4 Å². The third-order valence-corrected chi connectivity index (χ3v) is 2.92. The van der Waals surface area contributed by atoms with Gasteiger partial charge in [0.15, 0.2) is 5.69 Å². The van der Waals surface area contributed by atoms with Gasteiger partial charge in [0, 0.05) is 19.7 Å². The van der Waals surface area contributed by atoms with Crippen molar-refractivity contribution in [2.45, 2.75) is 33.1 Å². The first kappa shape index (κ1) is 17.4. The van der Waals surface area contributed by atoms with E-state index in [1.54, 1.807) is 4.68 Å². The Kier molecular flexibility index (Phi) is 5.27. The molecular weight excluding hydrogens is 307 g/mol. The van der Waals surface area contributed by atoms with Gasteiger partial charge in [0.2, 0.25) is 0 Å². The lowest BCUT2D eigenvalue weighted by atomic mass is 10.3. The standard InChI is InChI=1S/C12H16F3N5.ClH/c1-4-20-11(5-8(2)17-20)16-7-9-6-10(12(13,14)15)18-19(9)3;/h5-6,16H,4,7H2,1-3H3;1H. The number of halogens is 4. The molecule has 2 aromatic heterocycles. The summed E-state index contributed by atoms with van der Waals surface area (Å²) in [5.41, 5.74) is 0.436.